The molecule has 0 aliphatic heterocycles. The van der Waals surface area contributed by atoms with Gasteiger partial charge in [0.2, 0.25) is 0 Å². The fraction of sp³-hybridized carbons (Fsp3) is 0.200. The standard InChI is InChI=1S/C15H17N3O2/c1-3-16-13-8-5-9-14(15(13)18(19)20)17-12-7-4-6-11(2)10-12/h4-10,16-17H,3H2,1-2H3. The van der Waals surface area contributed by atoms with Gasteiger partial charge in [0, 0.05) is 12.2 Å². The van der Waals surface area contributed by atoms with Crippen LogP contribution in [0.25, 0.3) is 0 Å². The number of hydrogen-bond donors (Lipinski definition) is 2. The Kier molecular flexibility index (Phi) is 4.20. The van der Waals surface area contributed by atoms with Crippen molar-refractivity contribution in [2.24, 2.45) is 0 Å². The van der Waals surface area contributed by atoms with Crippen LogP contribution in [0.15, 0.2) is 42.5 Å². The lowest BCUT2D eigenvalue weighted by atomic mass is 10.2. The maximum Gasteiger partial charge on any atom is 0.315 e. The predicted molar refractivity (Wildman–Crippen MR) is 81.7 cm³/mol. The number of benzene rings is 2. The van der Waals surface area contributed by atoms with Crippen LogP contribution in [0.5, 0.6) is 0 Å². The van der Waals surface area contributed by atoms with Gasteiger partial charge in [-0.15, -0.1) is 0 Å². The van der Waals surface area contributed by atoms with Crippen LogP contribution in [-0.4, -0.2) is 11.5 Å². The van der Waals surface area contributed by atoms with E-state index in [-0.39, 0.29) is 10.6 Å². The zero-order valence-electron chi connectivity index (χ0n) is 11.5. The smallest absolute Gasteiger partial charge is 0.315 e. The molecule has 0 saturated carbocycles. The van der Waals surface area contributed by atoms with Crippen LogP contribution >= 0.6 is 0 Å². The van der Waals surface area contributed by atoms with Crippen LogP contribution in [-0.2, 0) is 0 Å². The molecular formula is C15H17N3O2. The number of nitro benzene ring substituents is 1. The minimum Gasteiger partial charge on any atom is -0.380 e. The molecule has 0 aliphatic rings. The molecule has 2 aromatic carbocycles. The molecule has 0 aliphatic carbocycles. The Labute approximate surface area is 117 Å². The summed E-state index contributed by atoms with van der Waals surface area (Å²) in [5.74, 6) is 0. The van der Waals surface area contributed by atoms with Gasteiger partial charge in [0.15, 0.2) is 0 Å². The summed E-state index contributed by atoms with van der Waals surface area (Å²) in [4.78, 5) is 10.9. The predicted octanol–water partition coefficient (Wildman–Crippen LogP) is 4.08. The maximum absolute atomic E-state index is 11.3. The zero-order valence-corrected chi connectivity index (χ0v) is 11.5. The van der Waals surface area contributed by atoms with Gasteiger partial charge < -0.3 is 10.6 Å². The van der Waals surface area contributed by atoms with E-state index in [1.807, 2.05) is 38.1 Å². The van der Waals surface area contributed by atoms with Gasteiger partial charge in [0.1, 0.15) is 11.4 Å². The average Bonchev–Trinajstić information content (AvgIpc) is 2.39. The van der Waals surface area contributed by atoms with E-state index in [0.29, 0.717) is 17.9 Å². The van der Waals surface area contributed by atoms with Gasteiger partial charge in [-0.1, -0.05) is 18.2 Å². The number of hydrogen-bond acceptors (Lipinski definition) is 4. The molecule has 2 N–H and O–H groups in total. The van der Waals surface area contributed by atoms with Gasteiger partial charge in [0.05, 0.1) is 4.92 Å². The molecule has 0 fully saturated rings. The third kappa shape index (κ3) is 3.06. The van der Waals surface area contributed by atoms with Crippen LogP contribution in [0.3, 0.4) is 0 Å². The van der Waals surface area contributed by atoms with Crippen LogP contribution in [0, 0.1) is 17.0 Å². The van der Waals surface area contributed by atoms with E-state index in [1.54, 1.807) is 18.2 Å². The first kappa shape index (κ1) is 13.9. The molecule has 5 nitrogen and oxygen atoms in total. The first-order valence-electron chi connectivity index (χ1n) is 6.46. The Morgan fingerprint density at radius 1 is 1.15 bits per heavy atom. The summed E-state index contributed by atoms with van der Waals surface area (Å²) in [7, 11) is 0. The summed E-state index contributed by atoms with van der Waals surface area (Å²) in [5.41, 5.74) is 3.01. The average molecular weight is 271 g/mol. The molecule has 0 atom stereocenters. The highest BCUT2D eigenvalue weighted by Crippen LogP contribution is 2.34. The number of nitro groups is 1. The lowest BCUT2D eigenvalue weighted by Crippen LogP contribution is -2.04. The van der Waals surface area contributed by atoms with Crippen LogP contribution < -0.4 is 10.6 Å². The maximum atomic E-state index is 11.3. The van der Waals surface area contributed by atoms with Gasteiger partial charge in [-0.2, -0.15) is 0 Å². The molecule has 0 amide bonds. The van der Waals surface area contributed by atoms with Crippen LogP contribution in [0.1, 0.15) is 12.5 Å². The van der Waals surface area contributed by atoms with Gasteiger partial charge in [-0.3, -0.25) is 10.1 Å². The Morgan fingerprint density at radius 2 is 1.85 bits per heavy atom. The molecular weight excluding hydrogens is 254 g/mol. The minimum atomic E-state index is -0.365. The topological polar surface area (TPSA) is 67.2 Å². The largest absolute Gasteiger partial charge is 0.380 e. The third-order valence-electron chi connectivity index (χ3n) is 2.88. The minimum absolute atomic E-state index is 0.0656. The van der Waals surface area contributed by atoms with Crippen molar-refractivity contribution in [1.29, 1.82) is 0 Å². The van der Waals surface area contributed by atoms with Crippen molar-refractivity contribution >= 4 is 22.7 Å². The van der Waals surface area contributed by atoms with Crippen LogP contribution in [0.2, 0.25) is 0 Å². The van der Waals surface area contributed by atoms with E-state index < -0.39 is 0 Å². The molecule has 0 spiro atoms. The molecule has 2 rings (SSSR count). The van der Waals surface area contributed by atoms with E-state index in [0.717, 1.165) is 11.3 Å². The molecule has 2 aromatic rings. The second-order valence-electron chi connectivity index (χ2n) is 4.48. The second-order valence-corrected chi connectivity index (χ2v) is 4.48. The molecule has 20 heavy (non-hydrogen) atoms. The molecule has 0 unspecified atom stereocenters. The summed E-state index contributed by atoms with van der Waals surface area (Å²) in [5, 5.41) is 17.4. The molecule has 0 bridgehead atoms. The van der Waals surface area contributed by atoms with E-state index in [9.17, 15) is 10.1 Å². The van der Waals surface area contributed by atoms with Crippen molar-refractivity contribution in [2.45, 2.75) is 13.8 Å². The first-order chi connectivity index (χ1) is 9.61. The van der Waals surface area contributed by atoms with Crippen molar-refractivity contribution in [3.8, 4) is 0 Å². The summed E-state index contributed by atoms with van der Waals surface area (Å²) < 4.78 is 0. The summed E-state index contributed by atoms with van der Waals surface area (Å²) >= 11 is 0. The van der Waals surface area contributed by atoms with E-state index >= 15 is 0 Å². The summed E-state index contributed by atoms with van der Waals surface area (Å²) in [6.07, 6.45) is 0. The third-order valence-corrected chi connectivity index (χ3v) is 2.88. The SMILES string of the molecule is CCNc1cccc(Nc2cccc(C)c2)c1[N+](=O)[O-]. The molecule has 0 saturated heterocycles. The highest BCUT2D eigenvalue weighted by Gasteiger charge is 2.19. The van der Waals surface area contributed by atoms with Crippen molar-refractivity contribution in [1.82, 2.24) is 0 Å². The Morgan fingerprint density at radius 3 is 2.50 bits per heavy atom. The highest BCUT2D eigenvalue weighted by atomic mass is 16.6. The van der Waals surface area contributed by atoms with E-state index in [1.165, 1.54) is 0 Å². The molecule has 5 heteroatoms. The zero-order chi connectivity index (χ0) is 14.5. The number of para-hydroxylation sites is 1. The monoisotopic (exact) mass is 271 g/mol. The lowest BCUT2D eigenvalue weighted by Gasteiger charge is -2.11. The number of aryl methyl sites for hydroxylation is 1. The lowest BCUT2D eigenvalue weighted by molar-refractivity contribution is -0.383. The Bertz CT molecular complexity index is 626. The van der Waals surface area contributed by atoms with Gasteiger partial charge in [0.25, 0.3) is 0 Å². The van der Waals surface area contributed by atoms with Crippen molar-refractivity contribution < 1.29 is 4.92 Å². The Hall–Kier alpha value is -2.56. The molecule has 0 radical (unpaired) electrons. The van der Waals surface area contributed by atoms with Crippen LogP contribution in [0.4, 0.5) is 22.7 Å². The summed E-state index contributed by atoms with van der Waals surface area (Å²) in [6, 6.07) is 12.9. The second kappa shape index (κ2) is 6.06. The number of anilines is 3. The van der Waals surface area contributed by atoms with E-state index in [4.69, 9.17) is 0 Å². The van der Waals surface area contributed by atoms with Gasteiger partial charge in [-0.05, 0) is 43.7 Å². The molecule has 0 aromatic heterocycles. The van der Waals surface area contributed by atoms with Gasteiger partial charge in [-0.25, -0.2) is 0 Å². The van der Waals surface area contributed by atoms with Crippen molar-refractivity contribution in [3.05, 3.63) is 58.1 Å². The fourth-order valence-corrected chi connectivity index (χ4v) is 2.05. The molecule has 104 valence electrons. The summed E-state index contributed by atoms with van der Waals surface area (Å²) in [6.45, 7) is 4.52. The Balaban J connectivity index is 2.40. The quantitative estimate of drug-likeness (QED) is 0.635. The normalized spacial score (nSPS) is 10.1. The van der Waals surface area contributed by atoms with E-state index in [2.05, 4.69) is 10.6 Å². The number of nitrogens with zero attached hydrogens (tertiary/aromatic N) is 1. The number of nitrogens with one attached hydrogen (secondary N) is 2. The van der Waals surface area contributed by atoms with Gasteiger partial charge >= 0.3 is 5.69 Å². The first-order valence-corrected chi connectivity index (χ1v) is 6.46. The number of rotatable bonds is 5. The molecule has 0 heterocycles. The fourth-order valence-electron chi connectivity index (χ4n) is 2.05. The van der Waals surface area contributed by atoms with Crippen molar-refractivity contribution in [3.63, 3.8) is 0 Å². The van der Waals surface area contributed by atoms with Crippen molar-refractivity contribution in [2.75, 3.05) is 17.2 Å². The highest BCUT2D eigenvalue weighted by molar-refractivity contribution is 5.79.